The number of hydrogen-bond donors (Lipinski definition) is 1. The maximum Gasteiger partial charge on any atom is 0.210 e. The van der Waals surface area contributed by atoms with E-state index in [0.29, 0.717) is 0 Å². The number of nitrogens with zero attached hydrogens (tertiary/aromatic N) is 2. The summed E-state index contributed by atoms with van der Waals surface area (Å²) in [5.41, 5.74) is 4.65. The van der Waals surface area contributed by atoms with E-state index in [-0.39, 0.29) is 11.4 Å². The Morgan fingerprint density at radius 3 is 2.54 bits per heavy atom. The Morgan fingerprint density at radius 1 is 1.04 bits per heavy atom. The van der Waals surface area contributed by atoms with Crippen LogP contribution in [0, 0.1) is 5.82 Å². The molecule has 1 spiro atoms. The first-order valence-corrected chi connectivity index (χ1v) is 9.98. The third-order valence-electron chi connectivity index (χ3n) is 6.56. The Kier molecular flexibility index (Phi) is 4.20. The second-order valence-electron chi connectivity index (χ2n) is 8.01. The quantitative estimate of drug-likeness (QED) is 0.705. The van der Waals surface area contributed by atoms with E-state index < -0.39 is 0 Å². The minimum absolute atomic E-state index is 0.198. The summed E-state index contributed by atoms with van der Waals surface area (Å²) in [5, 5.41) is 1.29. The lowest BCUT2D eigenvalue weighted by atomic mass is 9.77. The van der Waals surface area contributed by atoms with Crippen LogP contribution in [-0.2, 0) is 23.3 Å². The Bertz CT molecular complexity index is 1000. The van der Waals surface area contributed by atoms with Crippen molar-refractivity contribution in [2.45, 2.75) is 31.3 Å². The molecular weight excluding hydrogens is 353 g/mol. The summed E-state index contributed by atoms with van der Waals surface area (Å²) in [6, 6.07) is 15.2. The molecule has 2 aliphatic rings. The number of H-pyrrole nitrogens is 1. The number of likely N-dealkylation sites (tertiary alicyclic amines) is 1. The highest BCUT2D eigenvalue weighted by Crippen LogP contribution is 2.44. The number of hydrogen-bond acceptors (Lipinski definition) is 2. The number of benzene rings is 2. The fourth-order valence-electron chi connectivity index (χ4n) is 5.07. The second-order valence-corrected chi connectivity index (χ2v) is 8.01. The number of carbonyl (C=O) groups is 1. The summed E-state index contributed by atoms with van der Waals surface area (Å²) in [6.07, 6.45) is 3.75. The molecule has 3 heterocycles. The van der Waals surface area contributed by atoms with Crippen LogP contribution in [-0.4, -0.2) is 40.8 Å². The Morgan fingerprint density at radius 2 is 1.79 bits per heavy atom. The first kappa shape index (κ1) is 17.4. The van der Waals surface area contributed by atoms with Crippen LogP contribution in [0.1, 0.15) is 29.7 Å². The van der Waals surface area contributed by atoms with Crippen molar-refractivity contribution in [1.29, 1.82) is 0 Å². The van der Waals surface area contributed by atoms with Gasteiger partial charge in [0.2, 0.25) is 6.41 Å². The minimum atomic E-state index is -0.242. The maximum atomic E-state index is 13.2. The van der Waals surface area contributed by atoms with Crippen molar-refractivity contribution in [3.8, 4) is 0 Å². The van der Waals surface area contributed by atoms with Gasteiger partial charge in [-0.3, -0.25) is 9.69 Å². The molecule has 0 bridgehead atoms. The smallest absolute Gasteiger partial charge is 0.210 e. The molecule has 1 fully saturated rings. The topological polar surface area (TPSA) is 39.3 Å². The fraction of sp³-hybridized carbons (Fsp3) is 0.348. The van der Waals surface area contributed by atoms with E-state index in [1.165, 1.54) is 28.8 Å². The molecule has 0 atom stereocenters. The summed E-state index contributed by atoms with van der Waals surface area (Å²) in [7, 11) is 0. The van der Waals surface area contributed by atoms with Crippen molar-refractivity contribution >= 4 is 17.3 Å². The van der Waals surface area contributed by atoms with Crippen LogP contribution in [0.25, 0.3) is 10.9 Å². The molecule has 28 heavy (non-hydrogen) atoms. The number of aromatic nitrogens is 1. The molecule has 2 aliphatic heterocycles. The number of piperidine rings is 1. The molecule has 0 saturated carbocycles. The van der Waals surface area contributed by atoms with Gasteiger partial charge >= 0.3 is 0 Å². The highest BCUT2D eigenvalue weighted by Gasteiger charge is 2.46. The van der Waals surface area contributed by atoms with E-state index in [1.807, 2.05) is 17.0 Å². The molecule has 0 unspecified atom stereocenters. The summed E-state index contributed by atoms with van der Waals surface area (Å²) in [6.45, 7) is 3.42. The fourth-order valence-corrected chi connectivity index (χ4v) is 5.07. The zero-order valence-corrected chi connectivity index (χ0v) is 15.8. The van der Waals surface area contributed by atoms with Crippen LogP contribution in [0.4, 0.5) is 4.39 Å². The average molecular weight is 377 g/mol. The molecule has 5 heteroatoms. The van der Waals surface area contributed by atoms with E-state index in [1.54, 1.807) is 0 Å². The summed E-state index contributed by atoms with van der Waals surface area (Å²) < 4.78 is 13.2. The monoisotopic (exact) mass is 377 g/mol. The van der Waals surface area contributed by atoms with Gasteiger partial charge in [0.15, 0.2) is 0 Å². The van der Waals surface area contributed by atoms with Gasteiger partial charge in [0.05, 0.1) is 5.54 Å². The van der Waals surface area contributed by atoms with E-state index in [4.69, 9.17) is 0 Å². The molecule has 1 aromatic heterocycles. The Labute approximate surface area is 163 Å². The molecular formula is C23H24FN3O. The largest absolute Gasteiger partial charge is 0.356 e. The van der Waals surface area contributed by atoms with Crippen LogP contribution >= 0.6 is 0 Å². The highest BCUT2D eigenvalue weighted by atomic mass is 19.1. The molecule has 1 amide bonds. The van der Waals surface area contributed by atoms with Gasteiger partial charge in [-0.2, -0.15) is 0 Å². The number of nitrogens with one attached hydrogen (secondary N) is 1. The number of carbonyl (C=O) groups excluding carboxylic acids is 1. The third kappa shape index (κ3) is 2.73. The molecule has 4 nitrogen and oxygen atoms in total. The molecule has 1 saturated heterocycles. The van der Waals surface area contributed by atoms with E-state index in [9.17, 15) is 9.18 Å². The number of halogens is 1. The van der Waals surface area contributed by atoms with Crippen LogP contribution in [0.5, 0.6) is 0 Å². The molecule has 2 aromatic carbocycles. The minimum Gasteiger partial charge on any atom is -0.356 e. The highest BCUT2D eigenvalue weighted by molar-refractivity contribution is 5.85. The summed E-state index contributed by atoms with van der Waals surface area (Å²) >= 11 is 0. The summed E-state index contributed by atoms with van der Waals surface area (Å²) in [5.74, 6) is -0.198. The van der Waals surface area contributed by atoms with Gasteiger partial charge in [-0.25, -0.2) is 4.39 Å². The van der Waals surface area contributed by atoms with Crippen molar-refractivity contribution in [2.24, 2.45) is 0 Å². The van der Waals surface area contributed by atoms with Gasteiger partial charge in [0.1, 0.15) is 5.82 Å². The molecule has 0 radical (unpaired) electrons. The second kappa shape index (κ2) is 6.74. The van der Waals surface area contributed by atoms with Crippen molar-refractivity contribution in [1.82, 2.24) is 14.8 Å². The van der Waals surface area contributed by atoms with Crippen molar-refractivity contribution < 1.29 is 9.18 Å². The van der Waals surface area contributed by atoms with Crippen molar-refractivity contribution in [3.05, 3.63) is 71.2 Å². The van der Waals surface area contributed by atoms with Crippen LogP contribution in [0.2, 0.25) is 0 Å². The average Bonchev–Trinajstić information content (AvgIpc) is 3.12. The van der Waals surface area contributed by atoms with Crippen molar-refractivity contribution in [3.63, 3.8) is 0 Å². The van der Waals surface area contributed by atoms with Crippen molar-refractivity contribution in [2.75, 3.05) is 19.6 Å². The van der Waals surface area contributed by atoms with Gasteiger partial charge < -0.3 is 9.88 Å². The predicted molar refractivity (Wildman–Crippen MR) is 107 cm³/mol. The van der Waals surface area contributed by atoms with Gasteiger partial charge in [-0.05, 0) is 48.6 Å². The first-order chi connectivity index (χ1) is 13.7. The Balaban J connectivity index is 1.43. The number of amides is 1. The predicted octanol–water partition coefficient (Wildman–Crippen LogP) is 3.81. The van der Waals surface area contributed by atoms with Gasteiger partial charge in [0, 0.05) is 42.8 Å². The van der Waals surface area contributed by atoms with E-state index in [0.717, 1.165) is 62.9 Å². The number of fused-ring (bicyclic) bond motifs is 4. The lowest BCUT2D eigenvalue weighted by Crippen LogP contribution is -2.55. The molecule has 0 aliphatic carbocycles. The van der Waals surface area contributed by atoms with Crippen LogP contribution in [0.3, 0.4) is 0 Å². The maximum absolute atomic E-state index is 13.2. The molecule has 3 aromatic rings. The van der Waals surface area contributed by atoms with Crippen LogP contribution < -0.4 is 0 Å². The lowest BCUT2D eigenvalue weighted by Gasteiger charge is -2.49. The third-order valence-corrected chi connectivity index (χ3v) is 6.56. The van der Waals surface area contributed by atoms with E-state index in [2.05, 4.69) is 34.1 Å². The van der Waals surface area contributed by atoms with Gasteiger partial charge in [0.25, 0.3) is 0 Å². The molecule has 1 N–H and O–H groups in total. The SMILES string of the molecule is O=CN1CCc2c([nH]c3ccccc23)C12CCN(Cc1ccc(F)cc1)CC2. The lowest BCUT2D eigenvalue weighted by molar-refractivity contribution is -0.128. The zero-order chi connectivity index (χ0) is 19.1. The summed E-state index contributed by atoms with van der Waals surface area (Å²) in [4.78, 5) is 20.0. The first-order valence-electron chi connectivity index (χ1n) is 9.98. The number of para-hydroxylation sites is 1. The van der Waals surface area contributed by atoms with Crippen LogP contribution in [0.15, 0.2) is 48.5 Å². The zero-order valence-electron chi connectivity index (χ0n) is 15.8. The number of aromatic amines is 1. The number of rotatable bonds is 3. The van der Waals surface area contributed by atoms with Gasteiger partial charge in [-0.1, -0.05) is 30.3 Å². The van der Waals surface area contributed by atoms with E-state index >= 15 is 0 Å². The standard InChI is InChI=1S/C23H24FN3O/c24-18-7-5-17(6-8-18)15-26-13-10-23(11-14-26)22-20(9-12-27(23)16-28)19-3-1-2-4-21(19)25-22/h1-8,16,25H,9-15H2. The Hall–Kier alpha value is -2.66. The normalized spacial score (nSPS) is 19.1. The molecule has 5 rings (SSSR count). The molecule has 144 valence electrons. The van der Waals surface area contributed by atoms with Gasteiger partial charge in [-0.15, -0.1) is 0 Å².